The Morgan fingerprint density at radius 3 is 2.84 bits per heavy atom. The van der Waals surface area contributed by atoms with Crippen molar-refractivity contribution in [3.63, 3.8) is 0 Å². The summed E-state index contributed by atoms with van der Waals surface area (Å²) in [4.78, 5) is 33.5. The molecule has 0 saturated carbocycles. The molecule has 3 aromatic heterocycles. The van der Waals surface area contributed by atoms with E-state index in [0.29, 0.717) is 24.3 Å². The first-order chi connectivity index (χ1) is 12.1. The van der Waals surface area contributed by atoms with E-state index in [1.165, 1.54) is 0 Å². The predicted molar refractivity (Wildman–Crippen MR) is 89.3 cm³/mol. The first-order valence-electron chi connectivity index (χ1n) is 8.20. The molecule has 1 aliphatic rings. The van der Waals surface area contributed by atoms with Gasteiger partial charge in [-0.2, -0.15) is 0 Å². The van der Waals surface area contributed by atoms with Crippen LogP contribution in [0.2, 0.25) is 0 Å². The number of nitrogens with one attached hydrogen (secondary N) is 1. The lowest BCUT2D eigenvalue weighted by molar-refractivity contribution is 0.0700. The zero-order valence-electron chi connectivity index (χ0n) is 13.7. The summed E-state index contributed by atoms with van der Waals surface area (Å²) in [6.07, 6.45) is 3.16. The summed E-state index contributed by atoms with van der Waals surface area (Å²) in [5.41, 5.74) is 1.95. The molecule has 25 heavy (non-hydrogen) atoms. The summed E-state index contributed by atoms with van der Waals surface area (Å²) in [6.45, 7) is 2.90. The molecule has 1 N–H and O–H groups in total. The van der Waals surface area contributed by atoms with E-state index in [2.05, 4.69) is 24.9 Å². The fourth-order valence-corrected chi connectivity index (χ4v) is 3.31. The maximum absolute atomic E-state index is 12.5. The molecule has 128 valence electrons. The van der Waals surface area contributed by atoms with Crippen LogP contribution in [0.15, 0.2) is 33.8 Å². The third-order valence-electron chi connectivity index (χ3n) is 4.70. The molecule has 0 spiro atoms. The number of aromatic nitrogens is 4. The van der Waals surface area contributed by atoms with Crippen LogP contribution >= 0.6 is 0 Å². The van der Waals surface area contributed by atoms with Crippen molar-refractivity contribution in [3.8, 4) is 0 Å². The highest BCUT2D eigenvalue weighted by molar-refractivity contribution is 5.93. The number of likely N-dealkylation sites (tertiary alicyclic amines) is 1. The van der Waals surface area contributed by atoms with Crippen LogP contribution in [0.4, 0.5) is 0 Å². The Balaban J connectivity index is 1.51. The summed E-state index contributed by atoms with van der Waals surface area (Å²) in [5.74, 6) is 0.0475. The van der Waals surface area contributed by atoms with Crippen molar-refractivity contribution in [2.45, 2.75) is 25.7 Å². The van der Waals surface area contributed by atoms with E-state index in [4.69, 9.17) is 0 Å². The van der Waals surface area contributed by atoms with Gasteiger partial charge >= 0.3 is 0 Å². The van der Waals surface area contributed by atoms with E-state index in [-0.39, 0.29) is 23.1 Å². The second kappa shape index (κ2) is 6.12. The maximum Gasteiger partial charge on any atom is 0.278 e. The van der Waals surface area contributed by atoms with Crippen LogP contribution in [0.25, 0.3) is 10.9 Å². The number of piperidine rings is 1. The van der Waals surface area contributed by atoms with E-state index < -0.39 is 0 Å². The maximum atomic E-state index is 12.5. The molecular formula is C17H17N5O3. The normalized spacial score (nSPS) is 15.6. The zero-order valence-corrected chi connectivity index (χ0v) is 13.7. The average molecular weight is 339 g/mol. The molecule has 8 heteroatoms. The van der Waals surface area contributed by atoms with Gasteiger partial charge in [0.2, 0.25) is 0 Å². The number of aryl methyl sites for hydroxylation is 1. The van der Waals surface area contributed by atoms with E-state index >= 15 is 0 Å². The average Bonchev–Trinajstić information content (AvgIpc) is 3.07. The van der Waals surface area contributed by atoms with Crippen LogP contribution < -0.4 is 5.56 Å². The topological polar surface area (TPSA) is 105 Å². The fraction of sp³-hybridized carbons (Fsp3) is 0.353. The largest absolute Gasteiger partial charge is 0.337 e. The highest BCUT2D eigenvalue weighted by atomic mass is 16.6. The lowest BCUT2D eigenvalue weighted by Gasteiger charge is -2.31. The smallest absolute Gasteiger partial charge is 0.278 e. The second-order valence-electron chi connectivity index (χ2n) is 6.26. The molecule has 0 aromatic carbocycles. The molecule has 1 aliphatic heterocycles. The molecule has 0 radical (unpaired) electrons. The van der Waals surface area contributed by atoms with Gasteiger partial charge in [-0.15, -0.1) is 0 Å². The lowest BCUT2D eigenvalue weighted by Crippen LogP contribution is -2.38. The standard InChI is InChI=1S/C17H17N5O3/c1-10-14(21-25-20-10)17(24)22-7-4-11(5-8-22)13-9-12-3-2-6-18-15(12)16(23)19-13/h2-3,6,9,11H,4-5,7-8H2,1H3,(H,19,23). The molecular weight excluding hydrogens is 322 g/mol. The van der Waals surface area contributed by atoms with Crippen LogP contribution in [-0.2, 0) is 0 Å². The van der Waals surface area contributed by atoms with Gasteiger partial charge in [-0.25, -0.2) is 4.63 Å². The fourth-order valence-electron chi connectivity index (χ4n) is 3.31. The molecule has 0 atom stereocenters. The van der Waals surface area contributed by atoms with Crippen molar-refractivity contribution in [1.82, 2.24) is 25.2 Å². The van der Waals surface area contributed by atoms with Crippen molar-refractivity contribution in [2.24, 2.45) is 0 Å². The number of carbonyl (C=O) groups excluding carboxylic acids is 1. The Bertz CT molecular complexity index is 985. The van der Waals surface area contributed by atoms with Crippen molar-refractivity contribution in [1.29, 1.82) is 0 Å². The number of hydrogen-bond donors (Lipinski definition) is 1. The van der Waals surface area contributed by atoms with Gasteiger partial charge in [0.05, 0.1) is 0 Å². The van der Waals surface area contributed by atoms with Gasteiger partial charge in [0.25, 0.3) is 11.5 Å². The van der Waals surface area contributed by atoms with Gasteiger partial charge in [-0.3, -0.25) is 14.6 Å². The summed E-state index contributed by atoms with van der Waals surface area (Å²) in [5, 5.41) is 8.17. The second-order valence-corrected chi connectivity index (χ2v) is 6.26. The van der Waals surface area contributed by atoms with Crippen LogP contribution in [0.1, 0.15) is 40.6 Å². The Labute approximate surface area is 142 Å². The van der Waals surface area contributed by atoms with Gasteiger partial charge in [0.1, 0.15) is 11.2 Å². The predicted octanol–water partition coefficient (Wildman–Crippen LogP) is 1.63. The summed E-state index contributed by atoms with van der Waals surface area (Å²) < 4.78 is 4.61. The molecule has 3 aromatic rings. The SMILES string of the molecule is Cc1nonc1C(=O)N1CCC(c2cc3cccnc3c(=O)[nH]2)CC1. The number of fused-ring (bicyclic) bond motifs is 1. The first-order valence-corrected chi connectivity index (χ1v) is 8.20. The third kappa shape index (κ3) is 2.79. The highest BCUT2D eigenvalue weighted by Crippen LogP contribution is 2.28. The van der Waals surface area contributed by atoms with Crippen molar-refractivity contribution >= 4 is 16.8 Å². The number of pyridine rings is 2. The number of hydrogen-bond acceptors (Lipinski definition) is 6. The number of carbonyl (C=O) groups is 1. The van der Waals surface area contributed by atoms with Gasteiger partial charge in [-0.05, 0) is 37.1 Å². The third-order valence-corrected chi connectivity index (χ3v) is 4.70. The van der Waals surface area contributed by atoms with E-state index in [1.54, 1.807) is 18.0 Å². The number of H-pyrrole nitrogens is 1. The highest BCUT2D eigenvalue weighted by Gasteiger charge is 2.28. The number of rotatable bonds is 2. The molecule has 4 heterocycles. The van der Waals surface area contributed by atoms with Crippen molar-refractivity contribution in [2.75, 3.05) is 13.1 Å². The Morgan fingerprint density at radius 2 is 2.12 bits per heavy atom. The first kappa shape index (κ1) is 15.5. The Morgan fingerprint density at radius 1 is 1.32 bits per heavy atom. The van der Waals surface area contributed by atoms with E-state index in [9.17, 15) is 9.59 Å². The van der Waals surface area contributed by atoms with Crippen LogP contribution in [-0.4, -0.2) is 44.2 Å². The number of nitrogens with zero attached hydrogens (tertiary/aromatic N) is 4. The summed E-state index contributed by atoms with van der Waals surface area (Å²) in [7, 11) is 0. The minimum Gasteiger partial charge on any atom is -0.337 e. The molecule has 1 saturated heterocycles. The van der Waals surface area contributed by atoms with Crippen molar-refractivity contribution in [3.05, 3.63) is 51.8 Å². The van der Waals surface area contributed by atoms with E-state index in [0.717, 1.165) is 23.9 Å². The monoisotopic (exact) mass is 339 g/mol. The van der Waals surface area contributed by atoms with E-state index in [1.807, 2.05) is 18.2 Å². The number of aromatic amines is 1. The van der Waals surface area contributed by atoms with Crippen molar-refractivity contribution < 1.29 is 9.42 Å². The molecule has 0 unspecified atom stereocenters. The van der Waals surface area contributed by atoms with Gasteiger partial charge in [0, 0.05) is 36.3 Å². The summed E-state index contributed by atoms with van der Waals surface area (Å²) in [6, 6.07) is 5.69. The summed E-state index contributed by atoms with van der Waals surface area (Å²) >= 11 is 0. The molecule has 8 nitrogen and oxygen atoms in total. The van der Waals surface area contributed by atoms with Gasteiger partial charge in [0.15, 0.2) is 5.69 Å². The minimum atomic E-state index is -0.170. The minimum absolute atomic E-state index is 0.159. The number of amides is 1. The zero-order chi connectivity index (χ0) is 17.4. The lowest BCUT2D eigenvalue weighted by atomic mass is 9.92. The molecule has 1 fully saturated rings. The molecule has 0 bridgehead atoms. The van der Waals surface area contributed by atoms with Gasteiger partial charge < -0.3 is 9.88 Å². The molecule has 0 aliphatic carbocycles. The Kier molecular flexibility index (Phi) is 3.79. The quantitative estimate of drug-likeness (QED) is 0.761. The van der Waals surface area contributed by atoms with Crippen LogP contribution in [0, 0.1) is 6.92 Å². The Hall–Kier alpha value is -3.03. The van der Waals surface area contributed by atoms with Gasteiger partial charge in [-0.1, -0.05) is 11.2 Å². The van der Waals surface area contributed by atoms with Crippen LogP contribution in [0.5, 0.6) is 0 Å². The molecule has 1 amide bonds. The van der Waals surface area contributed by atoms with Crippen LogP contribution in [0.3, 0.4) is 0 Å². The molecule has 4 rings (SSSR count).